The minimum atomic E-state index is 0.170. The van der Waals surface area contributed by atoms with E-state index < -0.39 is 0 Å². The average molecular weight is 163 g/mol. The van der Waals surface area contributed by atoms with Gasteiger partial charge in [0.25, 0.3) is 0 Å². The second-order valence-electron chi connectivity index (χ2n) is 2.01. The maximum absolute atomic E-state index is 7.22. The van der Waals surface area contributed by atoms with Gasteiger partial charge in [-0.05, 0) is 19.2 Å². The van der Waals surface area contributed by atoms with Gasteiger partial charge in [0.15, 0.2) is 0 Å². The van der Waals surface area contributed by atoms with Crippen molar-refractivity contribution in [1.29, 1.82) is 5.41 Å². The Bertz CT molecular complexity index is 224. The van der Waals surface area contributed by atoms with Gasteiger partial charge in [0.1, 0.15) is 12.2 Å². The molecule has 0 amide bonds. The molecule has 0 aliphatic carbocycles. The zero-order chi connectivity index (χ0) is 9.23. The van der Waals surface area contributed by atoms with Gasteiger partial charge in [-0.25, -0.2) is 4.99 Å². The average Bonchev–Trinajstić information content (AvgIpc) is 2.09. The van der Waals surface area contributed by atoms with E-state index in [9.17, 15) is 0 Å². The molecule has 0 aliphatic rings. The van der Waals surface area contributed by atoms with Gasteiger partial charge in [-0.15, -0.1) is 0 Å². The van der Waals surface area contributed by atoms with Crippen molar-refractivity contribution in [2.75, 3.05) is 0 Å². The van der Waals surface area contributed by atoms with E-state index in [1.165, 1.54) is 6.34 Å². The highest BCUT2D eigenvalue weighted by Gasteiger charge is 1.78. The van der Waals surface area contributed by atoms with Gasteiger partial charge < -0.3 is 0 Å². The molecule has 0 radical (unpaired) electrons. The Balaban J connectivity index is 3.83. The molecule has 12 heavy (non-hydrogen) atoms. The number of amidine groups is 1. The van der Waals surface area contributed by atoms with Crippen molar-refractivity contribution in [3.8, 4) is 0 Å². The molecule has 0 bridgehead atoms. The van der Waals surface area contributed by atoms with E-state index in [-0.39, 0.29) is 5.84 Å². The number of hydrogen-bond donors (Lipinski definition) is 1. The summed E-state index contributed by atoms with van der Waals surface area (Å²) in [5, 5.41) is 7.22. The van der Waals surface area contributed by atoms with Crippen molar-refractivity contribution in [3.05, 3.63) is 24.3 Å². The third kappa shape index (κ3) is 6.61. The molecular weight excluding hydrogens is 150 g/mol. The van der Waals surface area contributed by atoms with E-state index in [1.54, 1.807) is 12.2 Å². The maximum atomic E-state index is 7.22. The molecule has 3 heteroatoms. The lowest BCUT2D eigenvalue weighted by atomic mass is 10.4. The molecule has 64 valence electrons. The van der Waals surface area contributed by atoms with Gasteiger partial charge in [0.2, 0.25) is 0 Å². The Kier molecular flexibility index (Phi) is 6.64. The third-order valence-electron chi connectivity index (χ3n) is 1.02. The summed E-state index contributed by atoms with van der Waals surface area (Å²) >= 11 is 0. The first-order valence-corrected chi connectivity index (χ1v) is 3.71. The van der Waals surface area contributed by atoms with Crippen molar-refractivity contribution < 1.29 is 0 Å². The molecule has 0 saturated heterocycles. The number of rotatable bonds is 4. The molecule has 0 saturated carbocycles. The van der Waals surface area contributed by atoms with Crippen molar-refractivity contribution >= 4 is 18.9 Å². The summed E-state index contributed by atoms with van der Waals surface area (Å²) in [4.78, 5) is 7.03. The highest BCUT2D eigenvalue weighted by atomic mass is 14.9. The van der Waals surface area contributed by atoms with Crippen LogP contribution in [0.15, 0.2) is 34.3 Å². The zero-order valence-corrected chi connectivity index (χ0v) is 7.20. The predicted octanol–water partition coefficient (Wildman–Crippen LogP) is 2.21. The summed E-state index contributed by atoms with van der Waals surface area (Å²) in [6, 6.07) is 0. The Hall–Kier alpha value is -1.51. The molecule has 0 aliphatic heterocycles. The van der Waals surface area contributed by atoms with Crippen LogP contribution in [0.2, 0.25) is 0 Å². The van der Waals surface area contributed by atoms with Crippen LogP contribution in [0, 0.1) is 5.41 Å². The van der Waals surface area contributed by atoms with Gasteiger partial charge in [-0.3, -0.25) is 10.4 Å². The third-order valence-corrected chi connectivity index (χ3v) is 1.02. The van der Waals surface area contributed by atoms with E-state index in [0.29, 0.717) is 0 Å². The Morgan fingerprint density at radius 2 is 2.25 bits per heavy atom. The lowest BCUT2D eigenvalue weighted by Crippen LogP contribution is -1.83. The molecule has 0 heterocycles. The number of hydrogen-bond acceptors (Lipinski definition) is 1. The van der Waals surface area contributed by atoms with E-state index in [2.05, 4.69) is 23.6 Å². The fraction of sp³-hybridized carbons (Fsp3) is 0.222. The Morgan fingerprint density at radius 3 is 2.83 bits per heavy atom. The first-order chi connectivity index (χ1) is 5.81. The molecule has 0 spiro atoms. The van der Waals surface area contributed by atoms with Crippen molar-refractivity contribution in [2.45, 2.75) is 13.3 Å². The zero-order valence-electron chi connectivity index (χ0n) is 7.20. The van der Waals surface area contributed by atoms with E-state index in [4.69, 9.17) is 5.41 Å². The smallest absolute Gasteiger partial charge is 0.146 e. The highest BCUT2D eigenvalue weighted by Crippen LogP contribution is 1.84. The quantitative estimate of drug-likeness (QED) is 0.375. The van der Waals surface area contributed by atoms with Crippen LogP contribution < -0.4 is 0 Å². The molecule has 0 aromatic heterocycles. The van der Waals surface area contributed by atoms with Crippen LogP contribution in [0.1, 0.15) is 13.3 Å². The molecule has 3 nitrogen and oxygen atoms in total. The van der Waals surface area contributed by atoms with E-state index >= 15 is 0 Å². The second kappa shape index (κ2) is 7.60. The minimum absolute atomic E-state index is 0.170. The fourth-order valence-electron chi connectivity index (χ4n) is 0.507. The lowest BCUT2D eigenvalue weighted by molar-refractivity contribution is 1.22. The van der Waals surface area contributed by atoms with Crippen LogP contribution in [0.3, 0.4) is 0 Å². The second-order valence-corrected chi connectivity index (χ2v) is 2.01. The highest BCUT2D eigenvalue weighted by molar-refractivity contribution is 5.96. The fourth-order valence-corrected chi connectivity index (χ4v) is 0.507. The maximum Gasteiger partial charge on any atom is 0.146 e. The van der Waals surface area contributed by atoms with Gasteiger partial charge in [0, 0.05) is 0 Å². The molecule has 0 unspecified atom stereocenters. The minimum Gasteiger partial charge on any atom is -0.283 e. The Morgan fingerprint density at radius 1 is 1.50 bits per heavy atom. The normalized spacial score (nSPS) is 11.8. The predicted molar refractivity (Wildman–Crippen MR) is 54.3 cm³/mol. The van der Waals surface area contributed by atoms with Crippen LogP contribution in [-0.2, 0) is 0 Å². The molecule has 0 rings (SSSR count). The first-order valence-electron chi connectivity index (χ1n) is 3.71. The van der Waals surface area contributed by atoms with Crippen LogP contribution in [0.25, 0.3) is 0 Å². The van der Waals surface area contributed by atoms with Gasteiger partial charge in [-0.1, -0.05) is 25.2 Å². The van der Waals surface area contributed by atoms with Crippen molar-refractivity contribution in [1.82, 2.24) is 0 Å². The van der Waals surface area contributed by atoms with Gasteiger partial charge in [0.05, 0.1) is 0 Å². The van der Waals surface area contributed by atoms with E-state index in [1.807, 2.05) is 12.2 Å². The molecule has 1 N–H and O–H groups in total. The Labute approximate surface area is 72.8 Å². The molecule has 0 atom stereocenters. The molecule has 0 aromatic rings. The number of allylic oxidation sites excluding steroid dienone is 3. The van der Waals surface area contributed by atoms with Crippen LogP contribution >= 0.6 is 0 Å². The number of nitrogens with one attached hydrogen (secondary N) is 1. The van der Waals surface area contributed by atoms with Crippen molar-refractivity contribution in [2.24, 2.45) is 9.98 Å². The number of aliphatic imine (C=N–C) groups is 2. The summed E-state index contributed by atoms with van der Waals surface area (Å²) in [6.45, 7) is 5.26. The topological polar surface area (TPSA) is 48.6 Å². The largest absolute Gasteiger partial charge is 0.283 e. The first kappa shape index (κ1) is 10.5. The molecular formula is C9H13N3. The summed E-state index contributed by atoms with van der Waals surface area (Å²) in [5.41, 5.74) is 0. The monoisotopic (exact) mass is 163 g/mol. The van der Waals surface area contributed by atoms with Gasteiger partial charge >= 0.3 is 0 Å². The standard InChI is InChI=1S/C9H13N3/c1-3-4-5-6-7-9(10)12-8-11-2/h4-8,10H,2-3H2,1H3/b5-4-,7-6+,10-9?,12-8?. The van der Waals surface area contributed by atoms with Crippen LogP contribution in [0.4, 0.5) is 0 Å². The van der Waals surface area contributed by atoms with Crippen LogP contribution in [0.5, 0.6) is 0 Å². The summed E-state index contributed by atoms with van der Waals surface area (Å²) in [5.74, 6) is 0.170. The molecule has 0 aromatic carbocycles. The van der Waals surface area contributed by atoms with Crippen LogP contribution in [-0.4, -0.2) is 18.9 Å². The van der Waals surface area contributed by atoms with Gasteiger partial charge in [-0.2, -0.15) is 0 Å². The SMILES string of the molecule is C=NC=NC(=N)/C=C/C=C\CC. The number of nitrogens with zero attached hydrogens (tertiary/aromatic N) is 2. The summed E-state index contributed by atoms with van der Waals surface area (Å²) < 4.78 is 0. The summed E-state index contributed by atoms with van der Waals surface area (Å²) in [7, 11) is 0. The summed E-state index contributed by atoms with van der Waals surface area (Å²) in [6.07, 6.45) is 9.48. The van der Waals surface area contributed by atoms with Crippen molar-refractivity contribution in [3.63, 3.8) is 0 Å². The molecule has 0 fully saturated rings. The van der Waals surface area contributed by atoms with E-state index in [0.717, 1.165) is 6.42 Å². The lowest BCUT2D eigenvalue weighted by Gasteiger charge is -1.82.